The molecule has 124 valence electrons. The summed E-state index contributed by atoms with van der Waals surface area (Å²) in [7, 11) is 0. The summed E-state index contributed by atoms with van der Waals surface area (Å²) in [4.78, 5) is 12.4. The number of hydrogen-bond acceptors (Lipinski definition) is 2. The van der Waals surface area contributed by atoms with Crippen LogP contribution in [0.25, 0.3) is 10.9 Å². The first-order valence-corrected chi connectivity index (χ1v) is 7.68. The topological polar surface area (TPSA) is 57.8 Å². The molecule has 1 aliphatic carbocycles. The van der Waals surface area contributed by atoms with Crippen LogP contribution in [-0.2, 0) is 4.79 Å². The number of nitrogens with one attached hydrogen (secondary N) is 2. The van der Waals surface area contributed by atoms with Crippen molar-refractivity contribution in [2.75, 3.05) is 5.32 Å². The van der Waals surface area contributed by atoms with Crippen LogP contribution in [0.1, 0.15) is 31.2 Å². The highest BCUT2D eigenvalue weighted by Gasteiger charge is 2.48. The average molecular weight is 325 g/mol. The summed E-state index contributed by atoms with van der Waals surface area (Å²) in [6.45, 7) is 1.91. The number of carbonyl (C=O) groups excluding carboxylic acids is 1. The predicted octanol–water partition coefficient (Wildman–Crippen LogP) is 4.18. The van der Waals surface area contributed by atoms with E-state index in [-0.39, 0.29) is 12.8 Å². The first-order valence-electron chi connectivity index (χ1n) is 7.68. The molecule has 1 aliphatic rings. The molecule has 1 fully saturated rings. The lowest BCUT2D eigenvalue weighted by Crippen LogP contribution is -2.39. The van der Waals surface area contributed by atoms with Gasteiger partial charge in [-0.3, -0.25) is 9.89 Å². The van der Waals surface area contributed by atoms with Crippen molar-refractivity contribution in [1.82, 2.24) is 10.2 Å². The number of rotatable bonds is 2. The number of anilines is 1. The molecule has 2 N–H and O–H groups in total. The maximum Gasteiger partial charge on any atom is 0.392 e. The molecule has 0 saturated heterocycles. The van der Waals surface area contributed by atoms with E-state index in [0.717, 1.165) is 10.9 Å². The molecule has 23 heavy (non-hydrogen) atoms. The third-order valence-corrected chi connectivity index (χ3v) is 4.61. The van der Waals surface area contributed by atoms with E-state index in [4.69, 9.17) is 0 Å². The molecule has 0 unspecified atom stereocenters. The van der Waals surface area contributed by atoms with Crippen LogP contribution in [0.4, 0.5) is 18.9 Å². The van der Waals surface area contributed by atoms with Crippen molar-refractivity contribution in [3.8, 4) is 0 Å². The van der Waals surface area contributed by atoms with Crippen molar-refractivity contribution in [2.24, 2.45) is 11.8 Å². The van der Waals surface area contributed by atoms with Gasteiger partial charge >= 0.3 is 6.18 Å². The van der Waals surface area contributed by atoms with Gasteiger partial charge in [0.2, 0.25) is 5.91 Å². The zero-order valence-corrected chi connectivity index (χ0v) is 12.7. The molecule has 0 bridgehead atoms. The van der Waals surface area contributed by atoms with E-state index in [1.165, 1.54) is 0 Å². The second kappa shape index (κ2) is 5.86. The zero-order chi connectivity index (χ0) is 16.6. The quantitative estimate of drug-likeness (QED) is 0.870. The highest BCUT2D eigenvalue weighted by molar-refractivity contribution is 6.02. The van der Waals surface area contributed by atoms with Gasteiger partial charge in [0, 0.05) is 11.3 Å². The van der Waals surface area contributed by atoms with E-state index in [2.05, 4.69) is 15.5 Å². The van der Waals surface area contributed by atoms with E-state index in [1.807, 2.05) is 13.0 Å². The van der Waals surface area contributed by atoms with Crippen molar-refractivity contribution in [3.63, 3.8) is 0 Å². The Balaban J connectivity index is 1.85. The Labute approximate surface area is 131 Å². The minimum atomic E-state index is -4.33. The maximum absolute atomic E-state index is 13.2. The standard InChI is InChI=1S/C16H18F3N3O/c1-9-6-7-13(14-11(9)8-20-22-14)21-15(23)10-4-2-3-5-12(10)16(17,18)19/h6-8,10,12H,2-5H2,1H3,(H,20,22)(H,21,23)/t10-,12-/m1/s1. The van der Waals surface area contributed by atoms with Gasteiger partial charge in [-0.05, 0) is 31.4 Å². The van der Waals surface area contributed by atoms with Crippen LogP contribution in [0.2, 0.25) is 0 Å². The van der Waals surface area contributed by atoms with Gasteiger partial charge in [0.1, 0.15) is 0 Å². The number of H-pyrrole nitrogens is 1. The fraction of sp³-hybridized carbons (Fsp3) is 0.500. The lowest BCUT2D eigenvalue weighted by atomic mass is 9.78. The normalized spacial score (nSPS) is 22.3. The molecule has 1 heterocycles. The molecule has 0 radical (unpaired) electrons. The molecule has 0 aliphatic heterocycles. The van der Waals surface area contributed by atoms with Gasteiger partial charge in [0.15, 0.2) is 0 Å². The zero-order valence-electron chi connectivity index (χ0n) is 12.7. The Morgan fingerprint density at radius 1 is 1.30 bits per heavy atom. The van der Waals surface area contributed by atoms with Crippen LogP contribution in [-0.4, -0.2) is 22.3 Å². The number of aromatic nitrogens is 2. The van der Waals surface area contributed by atoms with E-state index in [9.17, 15) is 18.0 Å². The predicted molar refractivity (Wildman–Crippen MR) is 81.0 cm³/mol. The van der Waals surface area contributed by atoms with Gasteiger partial charge in [-0.25, -0.2) is 0 Å². The molecule has 0 spiro atoms. The third kappa shape index (κ3) is 3.04. The minimum Gasteiger partial charge on any atom is -0.324 e. The summed E-state index contributed by atoms with van der Waals surface area (Å²) in [5, 5.41) is 10.2. The summed E-state index contributed by atoms with van der Waals surface area (Å²) < 4.78 is 39.5. The van der Waals surface area contributed by atoms with Crippen LogP contribution in [0.3, 0.4) is 0 Å². The average Bonchev–Trinajstić information content (AvgIpc) is 3.00. The summed E-state index contributed by atoms with van der Waals surface area (Å²) in [5.74, 6) is -3.14. The molecule has 4 nitrogen and oxygen atoms in total. The second-order valence-electron chi connectivity index (χ2n) is 6.12. The Morgan fingerprint density at radius 3 is 2.78 bits per heavy atom. The van der Waals surface area contributed by atoms with Crippen molar-refractivity contribution >= 4 is 22.5 Å². The van der Waals surface area contributed by atoms with Gasteiger partial charge in [-0.15, -0.1) is 0 Å². The number of carbonyl (C=O) groups is 1. The summed E-state index contributed by atoms with van der Waals surface area (Å²) >= 11 is 0. The molecule has 1 amide bonds. The SMILES string of the molecule is Cc1ccc(NC(=O)[C@@H]2CCCC[C@H]2C(F)(F)F)c2[nH]ncc12. The number of amides is 1. The lowest BCUT2D eigenvalue weighted by molar-refractivity contribution is -0.197. The van der Waals surface area contributed by atoms with Crippen molar-refractivity contribution in [1.29, 1.82) is 0 Å². The largest absolute Gasteiger partial charge is 0.392 e. The van der Waals surface area contributed by atoms with E-state index in [0.29, 0.717) is 24.0 Å². The summed E-state index contributed by atoms with van der Waals surface area (Å²) in [6.07, 6.45) is -1.23. The molecular weight excluding hydrogens is 307 g/mol. The van der Waals surface area contributed by atoms with Crippen molar-refractivity contribution in [2.45, 2.75) is 38.8 Å². The fourth-order valence-electron chi connectivity index (χ4n) is 3.34. The molecule has 1 aromatic heterocycles. The number of aryl methyl sites for hydroxylation is 1. The second-order valence-corrected chi connectivity index (χ2v) is 6.12. The molecule has 2 atom stereocenters. The Hall–Kier alpha value is -2.05. The Morgan fingerprint density at radius 2 is 2.04 bits per heavy atom. The Bertz CT molecular complexity index is 723. The van der Waals surface area contributed by atoms with Crippen LogP contribution < -0.4 is 5.32 Å². The van der Waals surface area contributed by atoms with Gasteiger partial charge in [-0.1, -0.05) is 18.9 Å². The number of halogens is 3. The molecule has 1 aromatic carbocycles. The summed E-state index contributed by atoms with van der Waals surface area (Å²) in [5.41, 5.74) is 2.09. The van der Waals surface area contributed by atoms with E-state index >= 15 is 0 Å². The van der Waals surface area contributed by atoms with Crippen LogP contribution >= 0.6 is 0 Å². The van der Waals surface area contributed by atoms with Crippen LogP contribution in [0.5, 0.6) is 0 Å². The molecular formula is C16H18F3N3O. The number of fused-ring (bicyclic) bond motifs is 1. The molecule has 7 heteroatoms. The lowest BCUT2D eigenvalue weighted by Gasteiger charge is -2.32. The Kier molecular flexibility index (Phi) is 4.04. The smallest absolute Gasteiger partial charge is 0.324 e. The third-order valence-electron chi connectivity index (χ3n) is 4.61. The first-order chi connectivity index (χ1) is 10.9. The highest BCUT2D eigenvalue weighted by atomic mass is 19.4. The van der Waals surface area contributed by atoms with Crippen molar-refractivity contribution < 1.29 is 18.0 Å². The van der Waals surface area contributed by atoms with Gasteiger partial charge in [-0.2, -0.15) is 18.3 Å². The molecule has 2 aromatic rings. The monoisotopic (exact) mass is 325 g/mol. The molecule has 3 rings (SSSR count). The number of alkyl halides is 3. The first kappa shape index (κ1) is 15.8. The highest BCUT2D eigenvalue weighted by Crippen LogP contribution is 2.42. The molecule has 1 saturated carbocycles. The van der Waals surface area contributed by atoms with Crippen molar-refractivity contribution in [3.05, 3.63) is 23.9 Å². The van der Waals surface area contributed by atoms with Gasteiger partial charge < -0.3 is 5.32 Å². The fourth-order valence-corrected chi connectivity index (χ4v) is 3.34. The number of benzene rings is 1. The number of aromatic amines is 1. The summed E-state index contributed by atoms with van der Waals surface area (Å²) in [6, 6.07) is 3.51. The van der Waals surface area contributed by atoms with Gasteiger partial charge in [0.05, 0.1) is 23.3 Å². The number of nitrogens with zero attached hydrogens (tertiary/aromatic N) is 1. The van der Waals surface area contributed by atoms with E-state index < -0.39 is 23.9 Å². The minimum absolute atomic E-state index is 0.0228. The maximum atomic E-state index is 13.2. The number of hydrogen-bond donors (Lipinski definition) is 2. The van der Waals surface area contributed by atoms with Crippen LogP contribution in [0.15, 0.2) is 18.3 Å². The van der Waals surface area contributed by atoms with Crippen LogP contribution in [0, 0.1) is 18.8 Å². The van der Waals surface area contributed by atoms with E-state index in [1.54, 1.807) is 12.3 Å². The van der Waals surface area contributed by atoms with Gasteiger partial charge in [0.25, 0.3) is 0 Å².